The van der Waals surface area contributed by atoms with Crippen molar-refractivity contribution in [1.82, 2.24) is 0 Å². The van der Waals surface area contributed by atoms with Crippen LogP contribution < -0.4 is 0 Å². The second-order valence-electron chi connectivity index (χ2n) is 6.73. The maximum atomic E-state index is 2.43. The van der Waals surface area contributed by atoms with E-state index in [0.717, 1.165) is 0 Å². The van der Waals surface area contributed by atoms with Crippen LogP contribution in [0.15, 0.2) is 42.5 Å². The number of hydrogen-bond acceptors (Lipinski definition) is 0. The lowest BCUT2D eigenvalue weighted by Gasteiger charge is -2.19. The van der Waals surface area contributed by atoms with Crippen LogP contribution in [0.3, 0.4) is 0 Å². The molecule has 0 fully saturated rings. The van der Waals surface area contributed by atoms with E-state index in [9.17, 15) is 0 Å². The number of rotatable bonds is 3. The molecule has 0 aromatic heterocycles. The summed E-state index contributed by atoms with van der Waals surface area (Å²) in [5, 5.41) is 5.77. The summed E-state index contributed by atoms with van der Waals surface area (Å²) in [6.07, 6.45) is 8.97. The molecule has 0 atom stereocenters. The summed E-state index contributed by atoms with van der Waals surface area (Å²) in [4.78, 5) is 0. The fourth-order valence-corrected chi connectivity index (χ4v) is 3.97. The molecule has 0 saturated heterocycles. The highest BCUT2D eigenvalue weighted by atomic mass is 14.2. The van der Waals surface area contributed by atoms with Crippen molar-refractivity contribution in [3.05, 3.63) is 59.2 Å². The van der Waals surface area contributed by atoms with E-state index in [4.69, 9.17) is 0 Å². The van der Waals surface area contributed by atoms with Crippen molar-refractivity contribution in [2.45, 2.75) is 51.9 Å². The number of hydrogen-bond donors (Lipinski definition) is 0. The second kappa shape index (κ2) is 5.76. The molecule has 0 radical (unpaired) electrons. The zero-order valence-electron chi connectivity index (χ0n) is 13.5. The van der Waals surface area contributed by atoms with Crippen LogP contribution in [0.4, 0.5) is 0 Å². The molecule has 4 rings (SSSR count). The van der Waals surface area contributed by atoms with E-state index in [2.05, 4.69) is 49.4 Å². The summed E-state index contributed by atoms with van der Waals surface area (Å²) < 4.78 is 0. The molecule has 0 aliphatic heterocycles. The number of benzene rings is 3. The van der Waals surface area contributed by atoms with Crippen molar-refractivity contribution in [3.8, 4) is 0 Å². The second-order valence-corrected chi connectivity index (χ2v) is 6.73. The molecule has 0 N–H and O–H groups in total. The molecule has 1 aliphatic rings. The lowest BCUT2D eigenvalue weighted by atomic mass is 9.86. The Morgan fingerprint density at radius 2 is 1.64 bits per heavy atom. The van der Waals surface area contributed by atoms with Gasteiger partial charge in [-0.15, -0.1) is 0 Å². The van der Waals surface area contributed by atoms with Crippen molar-refractivity contribution in [2.24, 2.45) is 0 Å². The minimum absolute atomic E-state index is 1.20. The van der Waals surface area contributed by atoms with Gasteiger partial charge in [0.05, 0.1) is 0 Å². The van der Waals surface area contributed by atoms with Crippen molar-refractivity contribution in [1.29, 1.82) is 0 Å². The predicted molar refractivity (Wildman–Crippen MR) is 96.7 cm³/mol. The van der Waals surface area contributed by atoms with Crippen LogP contribution in [-0.4, -0.2) is 0 Å². The molecule has 0 spiro atoms. The van der Waals surface area contributed by atoms with Crippen LogP contribution >= 0.6 is 0 Å². The molecule has 0 heterocycles. The first-order valence-electron chi connectivity index (χ1n) is 8.83. The molecule has 0 heteroatoms. The largest absolute Gasteiger partial charge is 0.0654 e. The van der Waals surface area contributed by atoms with Crippen molar-refractivity contribution < 1.29 is 0 Å². The number of aryl methyl sites for hydroxylation is 3. The van der Waals surface area contributed by atoms with Gasteiger partial charge in [0.25, 0.3) is 0 Å². The lowest BCUT2D eigenvalue weighted by molar-refractivity contribution is 0.690. The van der Waals surface area contributed by atoms with Gasteiger partial charge in [-0.25, -0.2) is 0 Å². The van der Waals surface area contributed by atoms with Gasteiger partial charge in [0, 0.05) is 0 Å². The Labute approximate surface area is 133 Å². The van der Waals surface area contributed by atoms with Gasteiger partial charge in [-0.1, -0.05) is 55.8 Å². The molecule has 0 nitrogen and oxygen atoms in total. The van der Waals surface area contributed by atoms with Crippen LogP contribution in [-0.2, 0) is 19.3 Å². The van der Waals surface area contributed by atoms with Gasteiger partial charge >= 0.3 is 0 Å². The standard InChI is InChI=1S/C22H24/c1-2-3-6-16-9-10-18-12-13-20-19-8-5-4-7-17(19)11-14-21(20)22(18)15-16/h9-15H,2-8H2,1H3. The summed E-state index contributed by atoms with van der Waals surface area (Å²) >= 11 is 0. The highest BCUT2D eigenvalue weighted by Gasteiger charge is 2.13. The van der Waals surface area contributed by atoms with E-state index in [0.29, 0.717) is 0 Å². The molecule has 22 heavy (non-hydrogen) atoms. The zero-order valence-corrected chi connectivity index (χ0v) is 13.5. The van der Waals surface area contributed by atoms with Gasteiger partial charge in [-0.2, -0.15) is 0 Å². The predicted octanol–water partition coefficient (Wildman–Crippen LogP) is 6.21. The summed E-state index contributed by atoms with van der Waals surface area (Å²) in [5.41, 5.74) is 4.68. The molecule has 0 bridgehead atoms. The molecular weight excluding hydrogens is 264 g/mol. The Balaban J connectivity index is 1.93. The minimum Gasteiger partial charge on any atom is -0.0654 e. The monoisotopic (exact) mass is 288 g/mol. The topological polar surface area (TPSA) is 0 Å². The van der Waals surface area contributed by atoms with Crippen LogP contribution in [0.5, 0.6) is 0 Å². The average Bonchev–Trinajstić information content (AvgIpc) is 2.59. The highest BCUT2D eigenvalue weighted by Crippen LogP contribution is 2.33. The Morgan fingerprint density at radius 1 is 0.818 bits per heavy atom. The molecule has 1 aliphatic carbocycles. The normalized spacial score (nSPS) is 14.4. The van der Waals surface area contributed by atoms with Crippen LogP contribution in [0.2, 0.25) is 0 Å². The number of fused-ring (bicyclic) bond motifs is 5. The maximum absolute atomic E-state index is 2.43. The van der Waals surface area contributed by atoms with Gasteiger partial charge < -0.3 is 0 Å². The number of unbranched alkanes of at least 4 members (excludes halogenated alkanes) is 1. The SMILES string of the molecule is CCCCc1ccc2ccc3c4c(ccc3c2c1)CCCC4. The van der Waals surface area contributed by atoms with Gasteiger partial charge in [-0.3, -0.25) is 0 Å². The molecule has 0 amide bonds. The molecule has 0 unspecified atom stereocenters. The fraction of sp³-hybridized carbons (Fsp3) is 0.364. The third kappa shape index (κ3) is 2.31. The zero-order chi connectivity index (χ0) is 14.9. The van der Waals surface area contributed by atoms with E-state index >= 15 is 0 Å². The smallest absolute Gasteiger partial charge is 0.0102 e. The average molecular weight is 288 g/mol. The molecule has 3 aromatic rings. The molecule has 0 saturated carbocycles. The van der Waals surface area contributed by atoms with E-state index in [1.165, 1.54) is 72.1 Å². The molecule has 112 valence electrons. The third-order valence-corrected chi connectivity index (χ3v) is 5.23. The first kappa shape index (κ1) is 13.8. The first-order valence-corrected chi connectivity index (χ1v) is 8.83. The van der Waals surface area contributed by atoms with Gasteiger partial charge in [0.2, 0.25) is 0 Å². The summed E-state index contributed by atoms with van der Waals surface area (Å²) in [5.74, 6) is 0. The maximum Gasteiger partial charge on any atom is -0.0102 e. The first-order chi connectivity index (χ1) is 10.9. The van der Waals surface area contributed by atoms with Crippen LogP contribution in [0.25, 0.3) is 21.5 Å². The van der Waals surface area contributed by atoms with Crippen molar-refractivity contribution in [3.63, 3.8) is 0 Å². The van der Waals surface area contributed by atoms with Gasteiger partial charge in [-0.05, 0) is 76.8 Å². The highest BCUT2D eigenvalue weighted by molar-refractivity contribution is 6.09. The van der Waals surface area contributed by atoms with Crippen molar-refractivity contribution >= 4 is 21.5 Å². The Hall–Kier alpha value is -1.82. The van der Waals surface area contributed by atoms with Crippen molar-refractivity contribution in [2.75, 3.05) is 0 Å². The third-order valence-electron chi connectivity index (χ3n) is 5.23. The Morgan fingerprint density at radius 3 is 2.55 bits per heavy atom. The van der Waals surface area contributed by atoms with E-state index in [1.807, 2.05) is 0 Å². The lowest BCUT2D eigenvalue weighted by Crippen LogP contribution is -2.03. The van der Waals surface area contributed by atoms with Gasteiger partial charge in [0.15, 0.2) is 0 Å². The Bertz CT molecular complexity index is 826. The quantitative estimate of drug-likeness (QED) is 0.502. The summed E-state index contributed by atoms with van der Waals surface area (Å²) in [6, 6.07) is 16.5. The minimum atomic E-state index is 1.20. The summed E-state index contributed by atoms with van der Waals surface area (Å²) in [6.45, 7) is 2.27. The molecular formula is C22H24. The van der Waals surface area contributed by atoms with E-state index in [1.54, 1.807) is 11.1 Å². The Kier molecular flexibility index (Phi) is 3.62. The van der Waals surface area contributed by atoms with Gasteiger partial charge in [0.1, 0.15) is 0 Å². The van der Waals surface area contributed by atoms with Crippen LogP contribution in [0.1, 0.15) is 49.3 Å². The molecule has 3 aromatic carbocycles. The van der Waals surface area contributed by atoms with E-state index < -0.39 is 0 Å². The summed E-state index contributed by atoms with van der Waals surface area (Å²) in [7, 11) is 0. The van der Waals surface area contributed by atoms with Crippen LogP contribution in [0, 0.1) is 0 Å². The van der Waals surface area contributed by atoms with E-state index in [-0.39, 0.29) is 0 Å². The fourth-order valence-electron chi connectivity index (χ4n) is 3.97.